The molecule has 0 saturated carbocycles. The number of nitrogens with one attached hydrogen (secondary N) is 1. The molecule has 1 aliphatic rings. The molecule has 28 heavy (non-hydrogen) atoms. The van der Waals surface area contributed by atoms with Crippen molar-refractivity contribution in [2.24, 2.45) is 5.92 Å². The maximum absolute atomic E-state index is 13.9. The number of piperidine rings is 1. The van der Waals surface area contributed by atoms with Gasteiger partial charge in [0, 0.05) is 26.1 Å². The molecular weight excluding hydrogens is 381 g/mol. The number of hydrogen-bond acceptors (Lipinski definition) is 4. The quantitative estimate of drug-likeness (QED) is 0.599. The summed E-state index contributed by atoms with van der Waals surface area (Å²) in [6.07, 6.45) is 5.03. The Labute approximate surface area is 168 Å². The van der Waals surface area contributed by atoms with Gasteiger partial charge >= 0.3 is 0 Å². The number of amides is 1. The average Bonchev–Trinajstić information content (AvgIpc) is 2.62. The van der Waals surface area contributed by atoms with E-state index in [0.717, 1.165) is 42.5 Å². The number of rotatable bonds is 10. The Morgan fingerprint density at radius 3 is 2.75 bits per heavy atom. The lowest BCUT2D eigenvalue weighted by atomic mass is 10.0. The molecule has 0 radical (unpaired) electrons. The summed E-state index contributed by atoms with van der Waals surface area (Å²) < 4.78 is 39.0. The van der Waals surface area contributed by atoms with Crippen molar-refractivity contribution in [3.05, 3.63) is 30.1 Å². The van der Waals surface area contributed by atoms with E-state index >= 15 is 0 Å². The molecule has 1 amide bonds. The second-order valence-corrected chi connectivity index (χ2v) is 9.55. The highest BCUT2D eigenvalue weighted by Crippen LogP contribution is 2.21. The zero-order valence-electron chi connectivity index (χ0n) is 16.9. The van der Waals surface area contributed by atoms with E-state index in [9.17, 15) is 17.6 Å². The van der Waals surface area contributed by atoms with Crippen LogP contribution >= 0.6 is 0 Å². The average molecular weight is 414 g/mol. The van der Waals surface area contributed by atoms with Gasteiger partial charge in [0.15, 0.2) is 0 Å². The monoisotopic (exact) mass is 413 g/mol. The van der Waals surface area contributed by atoms with Gasteiger partial charge in [-0.05, 0) is 56.8 Å². The third-order valence-electron chi connectivity index (χ3n) is 5.00. The fourth-order valence-corrected chi connectivity index (χ4v) is 4.58. The molecule has 1 aromatic rings. The standard InChI is InChI=1S/C20H32FN3O3S/c1-17-8-5-13-23(16-17)14-7-12-22-20(25)11-6-15-24(28(2,26)27)19-10-4-3-9-18(19)21/h3-4,9-10,17H,5-8,11-16H2,1-2H3,(H,22,25). The molecule has 1 unspecified atom stereocenters. The molecule has 1 aliphatic heterocycles. The number of likely N-dealkylation sites (tertiary alicyclic amines) is 1. The van der Waals surface area contributed by atoms with Gasteiger partial charge in [0.25, 0.3) is 0 Å². The second-order valence-electron chi connectivity index (χ2n) is 7.64. The van der Waals surface area contributed by atoms with E-state index in [1.54, 1.807) is 6.07 Å². The molecule has 1 atom stereocenters. The Balaban J connectivity index is 1.70. The first kappa shape index (κ1) is 22.6. The van der Waals surface area contributed by atoms with Gasteiger partial charge < -0.3 is 10.2 Å². The summed E-state index contributed by atoms with van der Waals surface area (Å²) in [5.41, 5.74) is 0.0150. The summed E-state index contributed by atoms with van der Waals surface area (Å²) >= 11 is 0. The van der Waals surface area contributed by atoms with Crippen molar-refractivity contribution >= 4 is 21.6 Å². The van der Waals surface area contributed by atoms with Gasteiger partial charge in [-0.15, -0.1) is 0 Å². The first-order valence-electron chi connectivity index (χ1n) is 9.98. The predicted octanol–water partition coefficient (Wildman–Crippen LogP) is 2.61. The third-order valence-corrected chi connectivity index (χ3v) is 6.18. The number of hydrogen-bond donors (Lipinski definition) is 1. The van der Waals surface area contributed by atoms with Crippen LogP contribution in [0.3, 0.4) is 0 Å². The van der Waals surface area contributed by atoms with Gasteiger partial charge in [0.1, 0.15) is 5.82 Å². The van der Waals surface area contributed by atoms with Gasteiger partial charge in [0.05, 0.1) is 11.9 Å². The second kappa shape index (κ2) is 10.8. The molecule has 0 spiro atoms. The van der Waals surface area contributed by atoms with E-state index in [2.05, 4.69) is 17.1 Å². The van der Waals surface area contributed by atoms with E-state index < -0.39 is 15.8 Å². The number of carbonyl (C=O) groups is 1. The predicted molar refractivity (Wildman–Crippen MR) is 110 cm³/mol. The summed E-state index contributed by atoms with van der Waals surface area (Å²) in [4.78, 5) is 14.5. The number of benzene rings is 1. The highest BCUT2D eigenvalue weighted by atomic mass is 32.2. The van der Waals surface area contributed by atoms with Crippen molar-refractivity contribution in [3.63, 3.8) is 0 Å². The molecular formula is C20H32FN3O3S. The molecule has 8 heteroatoms. The first-order chi connectivity index (χ1) is 13.3. The van der Waals surface area contributed by atoms with E-state index in [1.807, 2.05) is 0 Å². The van der Waals surface area contributed by atoms with Gasteiger partial charge in [-0.1, -0.05) is 19.1 Å². The van der Waals surface area contributed by atoms with Crippen LogP contribution in [0, 0.1) is 11.7 Å². The van der Waals surface area contributed by atoms with Crippen molar-refractivity contribution in [2.75, 3.05) is 43.3 Å². The third kappa shape index (κ3) is 7.39. The Bertz CT molecular complexity index is 742. The molecule has 1 N–H and O–H groups in total. The number of nitrogens with zero attached hydrogens (tertiary/aromatic N) is 2. The largest absolute Gasteiger partial charge is 0.356 e. The smallest absolute Gasteiger partial charge is 0.232 e. The highest BCUT2D eigenvalue weighted by Gasteiger charge is 2.20. The van der Waals surface area contributed by atoms with Crippen molar-refractivity contribution in [1.82, 2.24) is 10.2 Å². The minimum absolute atomic E-state index is 0.0150. The Morgan fingerprint density at radius 2 is 2.07 bits per heavy atom. The Kier molecular flexibility index (Phi) is 8.69. The fourth-order valence-electron chi connectivity index (χ4n) is 3.61. The lowest BCUT2D eigenvalue weighted by Crippen LogP contribution is -2.36. The topological polar surface area (TPSA) is 69.7 Å². The number of halogens is 1. The van der Waals surface area contributed by atoms with Crippen molar-refractivity contribution in [2.45, 2.75) is 39.0 Å². The molecule has 1 fully saturated rings. The van der Waals surface area contributed by atoms with E-state index in [0.29, 0.717) is 13.0 Å². The lowest BCUT2D eigenvalue weighted by molar-refractivity contribution is -0.121. The summed E-state index contributed by atoms with van der Waals surface area (Å²) in [5.74, 6) is 0.0500. The molecule has 0 bridgehead atoms. The van der Waals surface area contributed by atoms with E-state index in [-0.39, 0.29) is 24.6 Å². The van der Waals surface area contributed by atoms with E-state index in [4.69, 9.17) is 0 Å². The number of carbonyl (C=O) groups excluding carboxylic acids is 1. The van der Waals surface area contributed by atoms with Crippen LogP contribution < -0.4 is 9.62 Å². The first-order valence-corrected chi connectivity index (χ1v) is 11.8. The van der Waals surface area contributed by atoms with Gasteiger partial charge in [-0.2, -0.15) is 0 Å². The molecule has 1 heterocycles. The SMILES string of the molecule is CC1CCCN(CCCNC(=O)CCCN(c2ccccc2F)S(C)(=O)=O)C1. The van der Waals surface area contributed by atoms with Gasteiger partial charge in [-0.25, -0.2) is 12.8 Å². The molecule has 6 nitrogen and oxygen atoms in total. The number of sulfonamides is 1. The van der Waals surface area contributed by atoms with Crippen molar-refractivity contribution in [1.29, 1.82) is 0 Å². The van der Waals surface area contributed by atoms with Crippen LogP contribution in [-0.2, 0) is 14.8 Å². The van der Waals surface area contributed by atoms with Crippen LogP contribution in [0.5, 0.6) is 0 Å². The number of para-hydroxylation sites is 1. The van der Waals surface area contributed by atoms with Gasteiger partial charge in [0.2, 0.25) is 15.9 Å². The van der Waals surface area contributed by atoms with Crippen LogP contribution in [-0.4, -0.2) is 58.2 Å². The van der Waals surface area contributed by atoms with Crippen molar-refractivity contribution in [3.8, 4) is 0 Å². The van der Waals surface area contributed by atoms with Crippen LogP contribution in [0.4, 0.5) is 10.1 Å². The summed E-state index contributed by atoms with van der Waals surface area (Å²) in [5, 5.41) is 2.89. The highest BCUT2D eigenvalue weighted by molar-refractivity contribution is 7.92. The van der Waals surface area contributed by atoms with E-state index in [1.165, 1.54) is 31.0 Å². The minimum Gasteiger partial charge on any atom is -0.356 e. The number of anilines is 1. The van der Waals surface area contributed by atoms with Crippen LogP contribution in [0.25, 0.3) is 0 Å². The molecule has 0 aliphatic carbocycles. The molecule has 0 aromatic heterocycles. The maximum atomic E-state index is 13.9. The molecule has 1 saturated heterocycles. The minimum atomic E-state index is -3.62. The molecule has 1 aromatic carbocycles. The van der Waals surface area contributed by atoms with Crippen LogP contribution in [0.15, 0.2) is 24.3 Å². The normalized spacial score (nSPS) is 18.0. The summed E-state index contributed by atoms with van der Waals surface area (Å²) in [6, 6.07) is 5.75. The van der Waals surface area contributed by atoms with Gasteiger partial charge in [-0.3, -0.25) is 9.10 Å². The molecule has 2 rings (SSSR count). The lowest BCUT2D eigenvalue weighted by Gasteiger charge is -2.30. The summed E-state index contributed by atoms with van der Waals surface area (Å²) in [7, 11) is -3.62. The Hall–Kier alpha value is -1.67. The maximum Gasteiger partial charge on any atom is 0.232 e. The summed E-state index contributed by atoms with van der Waals surface area (Å²) in [6.45, 7) is 6.21. The van der Waals surface area contributed by atoms with Crippen molar-refractivity contribution < 1.29 is 17.6 Å². The zero-order chi connectivity index (χ0) is 20.6. The Morgan fingerprint density at radius 1 is 1.32 bits per heavy atom. The molecule has 158 valence electrons. The zero-order valence-corrected chi connectivity index (χ0v) is 17.7. The fraction of sp³-hybridized carbons (Fsp3) is 0.650. The van der Waals surface area contributed by atoms with Crippen LogP contribution in [0.1, 0.15) is 39.0 Å². The van der Waals surface area contributed by atoms with Crippen LogP contribution in [0.2, 0.25) is 0 Å².